The number of benzene rings is 1. The number of nitrogens with one attached hydrogen (secondary N) is 2. The van der Waals surface area contributed by atoms with Crippen LogP contribution in [0.15, 0.2) is 35.1 Å². The first-order valence-corrected chi connectivity index (χ1v) is 8.40. The second-order valence-electron chi connectivity index (χ2n) is 6.36. The first-order valence-electron chi connectivity index (χ1n) is 8.40. The fraction of sp³-hybridized carbons (Fsp3) is 0.444. The molecule has 1 atom stereocenters. The van der Waals surface area contributed by atoms with Gasteiger partial charge in [0.25, 0.3) is 5.56 Å². The average molecular weight is 365 g/mol. The second-order valence-corrected chi connectivity index (χ2v) is 6.36. The van der Waals surface area contributed by atoms with Crippen molar-refractivity contribution in [3.63, 3.8) is 0 Å². The summed E-state index contributed by atoms with van der Waals surface area (Å²) < 4.78 is 3.35. The zero-order valence-electron chi connectivity index (χ0n) is 14.8. The van der Waals surface area contributed by atoms with Gasteiger partial charge in [-0.3, -0.25) is 14.3 Å². The van der Waals surface area contributed by atoms with Crippen molar-refractivity contribution in [1.82, 2.24) is 14.7 Å². The highest BCUT2D eigenvalue weighted by molar-refractivity contribution is 5.98. The van der Waals surface area contributed by atoms with Gasteiger partial charge in [0.15, 0.2) is 0 Å². The topological polar surface area (TPSA) is 68.1 Å². The van der Waals surface area contributed by atoms with Gasteiger partial charge in [0, 0.05) is 7.05 Å². The summed E-state index contributed by atoms with van der Waals surface area (Å²) in [6, 6.07) is 9.43. The number of carbonyl (C=O) groups excluding carboxylic acids is 1. The van der Waals surface area contributed by atoms with Crippen LogP contribution in [-0.4, -0.2) is 27.4 Å². The van der Waals surface area contributed by atoms with Crippen LogP contribution in [0.1, 0.15) is 31.9 Å². The Morgan fingerprint density at radius 1 is 1.32 bits per heavy atom. The van der Waals surface area contributed by atoms with E-state index in [9.17, 15) is 9.59 Å². The van der Waals surface area contributed by atoms with Crippen molar-refractivity contribution in [2.24, 2.45) is 7.05 Å². The maximum atomic E-state index is 12.9. The molecule has 0 aliphatic carbocycles. The smallest absolute Gasteiger partial charge is 0.295 e. The zero-order chi connectivity index (χ0) is 17.3. The molecule has 2 heterocycles. The van der Waals surface area contributed by atoms with E-state index in [0.717, 1.165) is 30.8 Å². The molecule has 136 valence electrons. The summed E-state index contributed by atoms with van der Waals surface area (Å²) in [7, 11) is 1.82. The van der Waals surface area contributed by atoms with E-state index in [1.807, 2.05) is 51.2 Å². The SMILES string of the molecule is CCC1(C(=O)Nc2c(C)n(C)n(-c3ccccc3)c2=O)CCCN1.Cl. The van der Waals surface area contributed by atoms with Crippen molar-refractivity contribution in [2.75, 3.05) is 11.9 Å². The van der Waals surface area contributed by atoms with Crippen molar-refractivity contribution >= 4 is 24.0 Å². The number of nitrogens with zero attached hydrogens (tertiary/aromatic N) is 2. The molecule has 7 heteroatoms. The Morgan fingerprint density at radius 2 is 2.00 bits per heavy atom. The standard InChI is InChI=1S/C18H24N4O2.ClH/c1-4-18(11-8-12-19-18)17(24)20-15-13(2)21(3)22(16(15)23)14-9-6-5-7-10-14;/h5-7,9-10,19H,4,8,11-12H2,1-3H3,(H,20,24);1H. The van der Waals surface area contributed by atoms with E-state index >= 15 is 0 Å². The Kier molecular flexibility index (Phi) is 5.75. The van der Waals surface area contributed by atoms with Gasteiger partial charge in [-0.1, -0.05) is 25.1 Å². The summed E-state index contributed by atoms with van der Waals surface area (Å²) in [5.74, 6) is -0.117. The third-order valence-electron chi connectivity index (χ3n) is 5.07. The molecule has 0 spiro atoms. The van der Waals surface area contributed by atoms with Gasteiger partial charge < -0.3 is 10.6 Å². The van der Waals surface area contributed by atoms with Crippen LogP contribution >= 0.6 is 12.4 Å². The Hall–Kier alpha value is -2.05. The monoisotopic (exact) mass is 364 g/mol. The molecule has 1 unspecified atom stereocenters. The Balaban J connectivity index is 0.00000225. The van der Waals surface area contributed by atoms with Crippen LogP contribution < -0.4 is 16.2 Å². The molecule has 0 saturated carbocycles. The van der Waals surface area contributed by atoms with E-state index in [-0.39, 0.29) is 23.9 Å². The molecule has 1 aliphatic heterocycles. The Labute approximate surface area is 153 Å². The number of anilines is 1. The summed E-state index contributed by atoms with van der Waals surface area (Å²) in [6.07, 6.45) is 2.48. The van der Waals surface area contributed by atoms with Gasteiger partial charge in [-0.25, -0.2) is 4.68 Å². The normalized spacial score (nSPS) is 19.5. The first-order chi connectivity index (χ1) is 11.5. The molecule has 2 aromatic rings. The number of rotatable bonds is 4. The van der Waals surface area contributed by atoms with Crippen LogP contribution in [-0.2, 0) is 11.8 Å². The van der Waals surface area contributed by atoms with Crippen LogP contribution in [0, 0.1) is 6.92 Å². The third-order valence-corrected chi connectivity index (χ3v) is 5.07. The number of amides is 1. The van der Waals surface area contributed by atoms with E-state index in [2.05, 4.69) is 10.6 Å². The van der Waals surface area contributed by atoms with E-state index in [1.54, 1.807) is 9.36 Å². The molecule has 1 amide bonds. The van der Waals surface area contributed by atoms with E-state index in [4.69, 9.17) is 0 Å². The first kappa shape index (κ1) is 19.3. The van der Waals surface area contributed by atoms with Crippen LogP contribution in [0.2, 0.25) is 0 Å². The molecule has 0 radical (unpaired) electrons. The molecular weight excluding hydrogens is 340 g/mol. The lowest BCUT2D eigenvalue weighted by atomic mass is 9.93. The maximum absolute atomic E-state index is 12.9. The van der Waals surface area contributed by atoms with E-state index in [0.29, 0.717) is 12.1 Å². The zero-order valence-corrected chi connectivity index (χ0v) is 15.7. The molecule has 2 N–H and O–H groups in total. The number of carbonyl (C=O) groups is 1. The molecule has 6 nitrogen and oxygen atoms in total. The number of para-hydroxylation sites is 1. The predicted molar refractivity (Wildman–Crippen MR) is 102 cm³/mol. The van der Waals surface area contributed by atoms with Gasteiger partial charge in [-0.15, -0.1) is 12.4 Å². The summed E-state index contributed by atoms with van der Waals surface area (Å²) >= 11 is 0. The van der Waals surface area contributed by atoms with Gasteiger partial charge in [-0.2, -0.15) is 0 Å². The minimum Gasteiger partial charge on any atom is -0.318 e. The number of halogens is 1. The van der Waals surface area contributed by atoms with Gasteiger partial charge in [0.05, 0.1) is 16.9 Å². The van der Waals surface area contributed by atoms with Gasteiger partial charge in [0.2, 0.25) is 5.91 Å². The van der Waals surface area contributed by atoms with Crippen molar-refractivity contribution in [2.45, 2.75) is 38.6 Å². The Bertz CT molecular complexity index is 804. The fourth-order valence-electron chi connectivity index (χ4n) is 3.41. The maximum Gasteiger partial charge on any atom is 0.295 e. The van der Waals surface area contributed by atoms with Crippen molar-refractivity contribution in [3.05, 3.63) is 46.4 Å². The van der Waals surface area contributed by atoms with Crippen molar-refractivity contribution in [3.8, 4) is 5.69 Å². The third kappa shape index (κ3) is 3.24. The van der Waals surface area contributed by atoms with E-state index < -0.39 is 5.54 Å². The molecule has 1 aromatic heterocycles. The molecule has 0 bridgehead atoms. The molecule has 3 rings (SSSR count). The van der Waals surface area contributed by atoms with Crippen molar-refractivity contribution in [1.29, 1.82) is 0 Å². The Morgan fingerprint density at radius 3 is 2.56 bits per heavy atom. The van der Waals surface area contributed by atoms with Crippen molar-refractivity contribution < 1.29 is 4.79 Å². The van der Waals surface area contributed by atoms with Gasteiger partial charge in [0.1, 0.15) is 5.69 Å². The van der Waals surface area contributed by atoms with Gasteiger partial charge >= 0.3 is 0 Å². The lowest BCUT2D eigenvalue weighted by molar-refractivity contribution is -0.122. The van der Waals surface area contributed by atoms with Crippen LogP contribution in [0.3, 0.4) is 0 Å². The molecular formula is C18H25ClN4O2. The minimum atomic E-state index is -0.563. The molecule has 25 heavy (non-hydrogen) atoms. The summed E-state index contributed by atoms with van der Waals surface area (Å²) in [5.41, 5.74) is 1.10. The fourth-order valence-corrected chi connectivity index (χ4v) is 3.41. The predicted octanol–water partition coefficient (Wildman–Crippen LogP) is 2.38. The largest absolute Gasteiger partial charge is 0.318 e. The highest BCUT2D eigenvalue weighted by Gasteiger charge is 2.39. The minimum absolute atomic E-state index is 0. The number of aromatic nitrogens is 2. The summed E-state index contributed by atoms with van der Waals surface area (Å²) in [5, 5.41) is 6.19. The molecule has 1 fully saturated rings. The van der Waals surface area contributed by atoms with Gasteiger partial charge in [-0.05, 0) is 44.9 Å². The highest BCUT2D eigenvalue weighted by atomic mass is 35.5. The molecule has 1 aliphatic rings. The lowest BCUT2D eigenvalue weighted by Crippen LogP contribution is -2.50. The summed E-state index contributed by atoms with van der Waals surface area (Å²) in [6.45, 7) is 4.68. The number of hydrogen-bond acceptors (Lipinski definition) is 3. The van der Waals surface area contributed by atoms with Crippen LogP contribution in [0.25, 0.3) is 5.69 Å². The highest BCUT2D eigenvalue weighted by Crippen LogP contribution is 2.25. The summed E-state index contributed by atoms with van der Waals surface area (Å²) in [4.78, 5) is 25.7. The van der Waals surface area contributed by atoms with Crippen LogP contribution in [0.5, 0.6) is 0 Å². The number of hydrogen-bond donors (Lipinski definition) is 2. The average Bonchev–Trinajstić information content (AvgIpc) is 3.16. The van der Waals surface area contributed by atoms with Crippen LogP contribution in [0.4, 0.5) is 5.69 Å². The lowest BCUT2D eigenvalue weighted by Gasteiger charge is -2.26. The van der Waals surface area contributed by atoms with E-state index in [1.165, 1.54) is 0 Å². The quantitative estimate of drug-likeness (QED) is 0.875. The molecule has 1 saturated heterocycles. The second kappa shape index (κ2) is 7.45. The molecule has 1 aromatic carbocycles.